The third kappa shape index (κ3) is 4.19. The average molecular weight is 500 g/mol. The molecule has 0 aliphatic rings. The Balaban J connectivity index is 1.37. The van der Waals surface area contributed by atoms with Crippen LogP contribution in [-0.2, 0) is 6.54 Å². The summed E-state index contributed by atoms with van der Waals surface area (Å²) in [6, 6.07) is 13.6. The van der Waals surface area contributed by atoms with Gasteiger partial charge < -0.3 is 5.32 Å². The van der Waals surface area contributed by atoms with E-state index < -0.39 is 5.82 Å². The molecule has 3 aromatic heterocycles. The van der Waals surface area contributed by atoms with Crippen LogP contribution in [0, 0.1) is 31.0 Å². The molecule has 2 aromatic carbocycles. The maximum atomic E-state index is 15.0. The molecule has 0 unspecified atom stereocenters. The summed E-state index contributed by atoms with van der Waals surface area (Å²) in [7, 11) is 0. The summed E-state index contributed by atoms with van der Waals surface area (Å²) in [6.45, 7) is 3.74. The Morgan fingerprint density at radius 3 is 2.78 bits per heavy atom. The number of hydrogen-bond donors (Lipinski definition) is 2. The van der Waals surface area contributed by atoms with Crippen LogP contribution in [0.5, 0.6) is 0 Å². The average Bonchev–Trinajstić information content (AvgIpc) is 3.46. The number of H-pyrrole nitrogens is 1. The monoisotopic (exact) mass is 499 g/mol. The molecule has 0 saturated heterocycles. The summed E-state index contributed by atoms with van der Waals surface area (Å²) >= 11 is 6.14. The van der Waals surface area contributed by atoms with Crippen molar-refractivity contribution in [2.45, 2.75) is 20.4 Å². The van der Waals surface area contributed by atoms with E-state index in [4.69, 9.17) is 16.9 Å². The zero-order chi connectivity index (χ0) is 25.4. The number of rotatable bonds is 5. The lowest BCUT2D eigenvalue weighted by Crippen LogP contribution is -2.23. The van der Waals surface area contributed by atoms with Gasteiger partial charge in [-0.25, -0.2) is 14.1 Å². The Labute approximate surface area is 210 Å². The van der Waals surface area contributed by atoms with E-state index in [0.29, 0.717) is 28.1 Å². The molecule has 0 saturated carbocycles. The van der Waals surface area contributed by atoms with Crippen molar-refractivity contribution in [1.29, 1.82) is 5.26 Å². The lowest BCUT2D eigenvalue weighted by Gasteiger charge is -2.10. The van der Waals surface area contributed by atoms with Crippen molar-refractivity contribution < 1.29 is 9.18 Å². The minimum absolute atomic E-state index is 0.0427. The predicted molar refractivity (Wildman–Crippen MR) is 133 cm³/mol. The number of carbonyl (C=O) groups is 1. The van der Waals surface area contributed by atoms with Gasteiger partial charge in [0, 0.05) is 34.3 Å². The van der Waals surface area contributed by atoms with Crippen LogP contribution in [0.25, 0.3) is 27.7 Å². The first kappa shape index (κ1) is 23.2. The quantitative estimate of drug-likeness (QED) is 0.352. The second kappa shape index (κ2) is 9.24. The molecule has 0 fully saturated rings. The zero-order valence-corrected chi connectivity index (χ0v) is 20.1. The first-order valence-corrected chi connectivity index (χ1v) is 11.4. The molecule has 5 aromatic rings. The van der Waals surface area contributed by atoms with Crippen molar-refractivity contribution in [1.82, 2.24) is 30.3 Å². The lowest BCUT2D eigenvalue weighted by atomic mass is 10.0. The highest BCUT2D eigenvalue weighted by atomic mass is 35.5. The van der Waals surface area contributed by atoms with Gasteiger partial charge in [0.2, 0.25) is 0 Å². The molecule has 0 spiro atoms. The van der Waals surface area contributed by atoms with Crippen LogP contribution in [0.2, 0.25) is 5.02 Å². The number of fused-ring (bicyclic) bond motifs is 1. The van der Waals surface area contributed by atoms with Crippen molar-refractivity contribution in [3.63, 3.8) is 0 Å². The number of aromatic amines is 1. The number of benzene rings is 2. The zero-order valence-electron chi connectivity index (χ0n) is 19.3. The predicted octanol–water partition coefficient (Wildman–Crippen LogP) is 5.02. The van der Waals surface area contributed by atoms with Crippen molar-refractivity contribution in [2.24, 2.45) is 0 Å². The normalized spacial score (nSPS) is 11.0. The van der Waals surface area contributed by atoms with Gasteiger partial charge in [-0.05, 0) is 49.7 Å². The van der Waals surface area contributed by atoms with Crippen molar-refractivity contribution >= 4 is 28.4 Å². The lowest BCUT2D eigenvalue weighted by molar-refractivity contribution is 0.0950. The topological polar surface area (TPSA) is 112 Å². The highest BCUT2D eigenvalue weighted by Crippen LogP contribution is 2.30. The number of nitrogens with zero attached hydrogens (tertiary/aromatic N) is 5. The molecule has 10 heteroatoms. The number of pyridine rings is 1. The number of halogens is 2. The summed E-state index contributed by atoms with van der Waals surface area (Å²) in [5.41, 5.74) is 5.29. The molecule has 0 aliphatic carbocycles. The number of aryl methyl sites for hydroxylation is 1. The standard InChI is InChI=1S/C26H19ClFN7O/c1-14-25(15(2)35(34-14)20-9-21(27)24(10-29)30-13-20)16-3-4-18(22(28)8-16)11-31-26(36)17-5-6-23-19(7-17)12-32-33-23/h3-9,12-13H,11H2,1-2H3,(H,31,36)(H,32,33). The molecule has 0 atom stereocenters. The van der Waals surface area contributed by atoms with Crippen LogP contribution in [0.3, 0.4) is 0 Å². The van der Waals surface area contributed by atoms with Crippen LogP contribution in [0.15, 0.2) is 54.9 Å². The van der Waals surface area contributed by atoms with Crippen molar-refractivity contribution in [2.75, 3.05) is 0 Å². The van der Waals surface area contributed by atoms with Gasteiger partial charge >= 0.3 is 0 Å². The third-order valence-corrected chi connectivity index (χ3v) is 6.24. The van der Waals surface area contributed by atoms with Gasteiger partial charge in [-0.2, -0.15) is 15.5 Å². The molecule has 0 bridgehead atoms. The molecular weight excluding hydrogens is 481 g/mol. The van der Waals surface area contributed by atoms with Crippen LogP contribution < -0.4 is 5.32 Å². The van der Waals surface area contributed by atoms with Gasteiger partial charge in [0.05, 0.1) is 34.3 Å². The molecule has 3 heterocycles. The number of amides is 1. The van der Waals surface area contributed by atoms with Gasteiger partial charge in [-0.15, -0.1) is 0 Å². The molecule has 5 rings (SSSR count). The van der Waals surface area contributed by atoms with E-state index in [1.807, 2.05) is 19.9 Å². The fourth-order valence-electron chi connectivity index (χ4n) is 4.15. The Bertz CT molecular complexity index is 1680. The molecule has 178 valence electrons. The van der Waals surface area contributed by atoms with E-state index in [2.05, 4.69) is 25.6 Å². The van der Waals surface area contributed by atoms with E-state index in [-0.39, 0.29) is 23.2 Å². The van der Waals surface area contributed by atoms with E-state index in [9.17, 15) is 4.79 Å². The Morgan fingerprint density at radius 2 is 2.03 bits per heavy atom. The summed E-state index contributed by atoms with van der Waals surface area (Å²) in [5, 5.41) is 24.2. The van der Waals surface area contributed by atoms with Crippen LogP contribution in [-0.4, -0.2) is 30.9 Å². The molecule has 36 heavy (non-hydrogen) atoms. The molecule has 1 amide bonds. The van der Waals surface area contributed by atoms with Gasteiger partial charge in [0.1, 0.15) is 11.9 Å². The highest BCUT2D eigenvalue weighted by molar-refractivity contribution is 6.31. The maximum absolute atomic E-state index is 15.0. The first-order valence-electron chi connectivity index (χ1n) is 11.0. The molecule has 0 aliphatic heterocycles. The van der Waals surface area contributed by atoms with Gasteiger partial charge in [0.15, 0.2) is 5.69 Å². The Morgan fingerprint density at radius 1 is 1.19 bits per heavy atom. The summed E-state index contributed by atoms with van der Waals surface area (Å²) < 4.78 is 16.7. The number of nitrogens with one attached hydrogen (secondary N) is 2. The first-order chi connectivity index (χ1) is 17.4. The SMILES string of the molecule is Cc1nn(-c2cnc(C#N)c(Cl)c2)c(C)c1-c1ccc(CNC(=O)c2ccc3[nH]ncc3c2)c(F)c1. The van der Waals surface area contributed by atoms with E-state index >= 15 is 4.39 Å². The summed E-state index contributed by atoms with van der Waals surface area (Å²) in [5.74, 6) is -0.739. The van der Waals surface area contributed by atoms with Crippen molar-refractivity contribution in [3.8, 4) is 22.9 Å². The van der Waals surface area contributed by atoms with Gasteiger partial charge in [-0.3, -0.25) is 9.89 Å². The highest BCUT2D eigenvalue weighted by Gasteiger charge is 2.18. The molecule has 2 N–H and O–H groups in total. The van der Waals surface area contributed by atoms with Crippen LogP contribution in [0.1, 0.15) is 33.0 Å². The summed E-state index contributed by atoms with van der Waals surface area (Å²) in [4.78, 5) is 16.6. The minimum atomic E-state index is -0.437. The fraction of sp³-hybridized carbons (Fsp3) is 0.115. The minimum Gasteiger partial charge on any atom is -0.348 e. The number of nitriles is 1. The largest absolute Gasteiger partial charge is 0.348 e. The second-order valence-corrected chi connectivity index (χ2v) is 8.66. The number of hydrogen-bond acceptors (Lipinski definition) is 5. The van der Waals surface area contributed by atoms with Gasteiger partial charge in [-0.1, -0.05) is 23.7 Å². The van der Waals surface area contributed by atoms with E-state index in [0.717, 1.165) is 22.2 Å². The fourth-order valence-corrected chi connectivity index (χ4v) is 4.35. The third-order valence-electron chi connectivity index (χ3n) is 5.95. The van der Waals surface area contributed by atoms with E-state index in [1.165, 1.54) is 12.3 Å². The smallest absolute Gasteiger partial charge is 0.251 e. The van der Waals surface area contributed by atoms with Crippen LogP contribution >= 0.6 is 11.6 Å². The maximum Gasteiger partial charge on any atom is 0.251 e. The van der Waals surface area contributed by atoms with E-state index in [1.54, 1.807) is 47.3 Å². The van der Waals surface area contributed by atoms with Crippen molar-refractivity contribution in [3.05, 3.63) is 93.9 Å². The number of carbonyl (C=O) groups excluding carboxylic acids is 1. The molecular formula is C26H19ClFN7O. The molecule has 8 nitrogen and oxygen atoms in total. The molecule has 0 radical (unpaired) electrons. The van der Waals surface area contributed by atoms with Crippen LogP contribution in [0.4, 0.5) is 4.39 Å². The van der Waals surface area contributed by atoms with Gasteiger partial charge in [0.25, 0.3) is 5.91 Å². The summed E-state index contributed by atoms with van der Waals surface area (Å²) in [6.07, 6.45) is 3.16. The number of aromatic nitrogens is 5. The Kier molecular flexibility index (Phi) is 5.96. The second-order valence-electron chi connectivity index (χ2n) is 8.25. The Hall–Kier alpha value is -4.55.